The van der Waals surface area contributed by atoms with Crippen LogP contribution in [-0.2, 0) is 11.2 Å². The maximum Gasteiger partial charge on any atom is 0.226 e. The Hall–Kier alpha value is -3.75. The van der Waals surface area contributed by atoms with Gasteiger partial charge in [-0.3, -0.25) is 9.20 Å². The average molecular weight is 429 g/mol. The van der Waals surface area contributed by atoms with Crippen LogP contribution in [0.5, 0.6) is 0 Å². The fraction of sp³-hybridized carbons (Fsp3) is 0.348. The molecular weight excluding hydrogens is 406 g/mol. The molecular formula is C23H23N7O2. The molecule has 6 rings (SSSR count). The molecule has 9 nitrogen and oxygen atoms in total. The highest BCUT2D eigenvalue weighted by molar-refractivity contribution is 5.86. The summed E-state index contributed by atoms with van der Waals surface area (Å²) in [5.41, 5.74) is 3.90. The third-order valence-electron chi connectivity index (χ3n) is 6.66. The van der Waals surface area contributed by atoms with Crippen molar-refractivity contribution >= 4 is 33.7 Å². The molecule has 3 atom stereocenters. The van der Waals surface area contributed by atoms with Crippen molar-refractivity contribution in [1.29, 1.82) is 0 Å². The Balaban J connectivity index is 1.23. The van der Waals surface area contributed by atoms with Gasteiger partial charge in [0.05, 0.1) is 18.1 Å². The van der Waals surface area contributed by atoms with E-state index in [4.69, 9.17) is 4.52 Å². The van der Waals surface area contributed by atoms with Gasteiger partial charge in [-0.25, -0.2) is 4.98 Å². The van der Waals surface area contributed by atoms with Crippen molar-refractivity contribution in [3.8, 4) is 0 Å². The van der Waals surface area contributed by atoms with E-state index in [1.165, 1.54) is 0 Å². The predicted molar refractivity (Wildman–Crippen MR) is 118 cm³/mol. The molecule has 1 saturated carbocycles. The monoisotopic (exact) mass is 429 g/mol. The van der Waals surface area contributed by atoms with Crippen molar-refractivity contribution in [2.75, 3.05) is 0 Å². The summed E-state index contributed by atoms with van der Waals surface area (Å²) in [4.78, 5) is 20.4. The minimum Gasteiger partial charge on any atom is -0.356 e. The normalized spacial score (nSPS) is 21.1. The molecule has 162 valence electrons. The van der Waals surface area contributed by atoms with Crippen molar-refractivity contribution in [3.05, 3.63) is 54.2 Å². The van der Waals surface area contributed by atoms with Crippen LogP contribution in [0, 0.1) is 5.92 Å². The molecule has 1 aliphatic rings. The highest BCUT2D eigenvalue weighted by atomic mass is 16.5. The summed E-state index contributed by atoms with van der Waals surface area (Å²) in [6, 6.07) is 9.70. The second kappa shape index (κ2) is 7.44. The highest BCUT2D eigenvalue weighted by Crippen LogP contribution is 2.41. The lowest BCUT2D eigenvalue weighted by molar-refractivity contribution is -0.121. The zero-order valence-corrected chi connectivity index (χ0v) is 17.7. The van der Waals surface area contributed by atoms with Crippen LogP contribution in [0.2, 0.25) is 0 Å². The van der Waals surface area contributed by atoms with Crippen molar-refractivity contribution in [2.24, 2.45) is 5.92 Å². The number of rotatable bonds is 5. The molecule has 0 radical (unpaired) electrons. The molecule has 0 spiro atoms. The van der Waals surface area contributed by atoms with Gasteiger partial charge < -0.3 is 14.8 Å². The van der Waals surface area contributed by atoms with Crippen molar-refractivity contribution in [1.82, 2.24) is 35.0 Å². The van der Waals surface area contributed by atoms with Crippen LogP contribution in [0.4, 0.5) is 0 Å². The average Bonchev–Trinajstić information content (AvgIpc) is 3.58. The molecule has 2 N–H and O–H groups in total. The summed E-state index contributed by atoms with van der Waals surface area (Å²) in [5, 5.41) is 17.1. The number of H-pyrrole nitrogens is 1. The van der Waals surface area contributed by atoms with Crippen LogP contribution >= 0.6 is 0 Å². The quantitative estimate of drug-likeness (QED) is 0.443. The number of nitrogens with zero attached hydrogens (tertiary/aromatic N) is 5. The minimum atomic E-state index is -0.0344. The molecule has 1 aromatic carbocycles. The molecule has 0 aliphatic heterocycles. The maximum atomic E-state index is 12.8. The summed E-state index contributed by atoms with van der Waals surface area (Å²) in [6.45, 7) is 2.19. The Labute approximate surface area is 183 Å². The van der Waals surface area contributed by atoms with Crippen LogP contribution in [0.15, 0.2) is 47.2 Å². The van der Waals surface area contributed by atoms with E-state index in [0.29, 0.717) is 17.2 Å². The van der Waals surface area contributed by atoms with Crippen LogP contribution < -0.4 is 5.32 Å². The van der Waals surface area contributed by atoms with Crippen LogP contribution in [0.25, 0.3) is 27.8 Å². The summed E-state index contributed by atoms with van der Waals surface area (Å²) >= 11 is 0. The molecule has 9 heteroatoms. The fourth-order valence-corrected chi connectivity index (χ4v) is 5.14. The van der Waals surface area contributed by atoms with E-state index < -0.39 is 0 Å². The van der Waals surface area contributed by atoms with Crippen LogP contribution in [0.1, 0.15) is 43.6 Å². The van der Waals surface area contributed by atoms with Gasteiger partial charge in [0.25, 0.3) is 0 Å². The second-order valence-electron chi connectivity index (χ2n) is 8.53. The Morgan fingerprint density at radius 1 is 1.25 bits per heavy atom. The number of amides is 1. The minimum absolute atomic E-state index is 0.0344. The molecule has 32 heavy (non-hydrogen) atoms. The fourth-order valence-electron chi connectivity index (χ4n) is 5.14. The van der Waals surface area contributed by atoms with Gasteiger partial charge in [-0.1, -0.05) is 30.6 Å². The van der Waals surface area contributed by atoms with Crippen LogP contribution in [0.3, 0.4) is 0 Å². The van der Waals surface area contributed by atoms with E-state index in [0.717, 1.165) is 47.3 Å². The smallest absolute Gasteiger partial charge is 0.226 e. The molecule has 1 aliphatic carbocycles. The first kappa shape index (κ1) is 19.0. The molecule has 4 heterocycles. The number of hydrogen-bond acceptors (Lipinski definition) is 6. The van der Waals surface area contributed by atoms with E-state index in [1.54, 1.807) is 6.20 Å². The Morgan fingerprint density at radius 3 is 3.06 bits per heavy atom. The van der Waals surface area contributed by atoms with E-state index in [1.807, 2.05) is 36.5 Å². The van der Waals surface area contributed by atoms with Crippen molar-refractivity contribution in [2.45, 2.75) is 44.6 Å². The predicted octanol–water partition coefficient (Wildman–Crippen LogP) is 3.38. The Bertz CT molecular complexity index is 1430. The zero-order valence-electron chi connectivity index (χ0n) is 17.7. The number of aromatic nitrogens is 6. The van der Waals surface area contributed by atoms with Crippen molar-refractivity contribution in [3.63, 3.8) is 0 Å². The molecule has 5 aromatic rings. The number of carbonyl (C=O) groups excluding carboxylic acids is 1. The first-order chi connectivity index (χ1) is 15.7. The summed E-state index contributed by atoms with van der Waals surface area (Å²) in [5.74, 6) is 1.54. The third kappa shape index (κ3) is 3.04. The molecule has 0 unspecified atom stereocenters. The molecule has 0 saturated heterocycles. The number of fused-ring (bicyclic) bond motifs is 4. The number of benzene rings is 1. The zero-order chi connectivity index (χ0) is 21.7. The first-order valence-corrected chi connectivity index (χ1v) is 11.0. The van der Waals surface area contributed by atoms with Crippen LogP contribution in [-0.4, -0.2) is 41.7 Å². The van der Waals surface area contributed by atoms with E-state index >= 15 is 0 Å². The number of para-hydroxylation sites is 1. The molecule has 1 amide bonds. The first-order valence-electron chi connectivity index (χ1n) is 11.0. The van der Waals surface area contributed by atoms with E-state index in [-0.39, 0.29) is 24.3 Å². The largest absolute Gasteiger partial charge is 0.356 e. The molecule has 1 fully saturated rings. The maximum absolute atomic E-state index is 12.8. The SMILES string of the molecule is CC[C@@H]1C[C@H](NC(=O)Cc2noc3ccccc23)C[C@@H]1c1nnc2cnc3[nH]ccc3n12. The van der Waals surface area contributed by atoms with E-state index in [9.17, 15) is 4.79 Å². The molecule has 0 bridgehead atoms. The van der Waals surface area contributed by atoms with Gasteiger partial charge in [0.1, 0.15) is 11.5 Å². The number of nitrogens with one attached hydrogen (secondary N) is 2. The third-order valence-corrected chi connectivity index (χ3v) is 6.66. The number of hydrogen-bond donors (Lipinski definition) is 2. The van der Waals surface area contributed by atoms with Gasteiger partial charge in [-0.2, -0.15) is 0 Å². The summed E-state index contributed by atoms with van der Waals surface area (Å²) < 4.78 is 7.43. The summed E-state index contributed by atoms with van der Waals surface area (Å²) in [6.07, 6.45) is 6.59. The lowest BCUT2D eigenvalue weighted by Gasteiger charge is -2.15. The molecule has 4 aromatic heterocycles. The number of aromatic amines is 1. The Kier molecular flexibility index (Phi) is 4.41. The second-order valence-corrected chi connectivity index (χ2v) is 8.53. The van der Waals surface area contributed by atoms with Gasteiger partial charge >= 0.3 is 0 Å². The van der Waals surface area contributed by atoms with Gasteiger partial charge in [0.2, 0.25) is 5.91 Å². The standard InChI is InChI=1S/C23H23N7O2/c1-2-13-9-14(26-21(31)11-17-15-5-3-4-6-19(15)32-29-17)10-16(13)23-28-27-20-12-25-22-18(30(20)23)7-8-24-22/h3-8,12-14,16,24H,2,9-11H2,1H3,(H,26,31)/t13-,14+,16+/m1/s1. The summed E-state index contributed by atoms with van der Waals surface area (Å²) in [7, 11) is 0. The van der Waals surface area contributed by atoms with Crippen molar-refractivity contribution < 1.29 is 9.32 Å². The van der Waals surface area contributed by atoms with Gasteiger partial charge in [0.15, 0.2) is 16.9 Å². The van der Waals surface area contributed by atoms with Gasteiger partial charge in [-0.15, -0.1) is 10.2 Å². The Morgan fingerprint density at radius 2 is 2.16 bits per heavy atom. The van der Waals surface area contributed by atoms with Gasteiger partial charge in [-0.05, 0) is 37.0 Å². The number of carbonyl (C=O) groups is 1. The van der Waals surface area contributed by atoms with E-state index in [2.05, 4.69) is 42.0 Å². The van der Waals surface area contributed by atoms with Gasteiger partial charge in [0, 0.05) is 23.5 Å². The topological polar surface area (TPSA) is 114 Å². The lowest BCUT2D eigenvalue weighted by atomic mass is 9.93. The highest BCUT2D eigenvalue weighted by Gasteiger charge is 2.38. The lowest BCUT2D eigenvalue weighted by Crippen LogP contribution is -2.34.